The van der Waals surface area contributed by atoms with Crippen LogP contribution in [0, 0.1) is 0 Å². The molecule has 3 heteroatoms. The van der Waals surface area contributed by atoms with E-state index in [4.69, 9.17) is 11.6 Å². The lowest BCUT2D eigenvalue weighted by atomic mass is 10.2. The van der Waals surface area contributed by atoms with Gasteiger partial charge in [-0.1, -0.05) is 11.6 Å². The Bertz CT molecular complexity index is 473. The molecule has 0 spiro atoms. The standard InChI is InChI=1S/C10H7ClOS/c1-6(12)10-5-7-4-8(11)2-3-9(7)13-10/h2-5H,1H3. The maximum atomic E-state index is 11.1. The summed E-state index contributed by atoms with van der Waals surface area (Å²) in [5, 5.41) is 1.75. The zero-order chi connectivity index (χ0) is 9.42. The molecule has 0 radical (unpaired) electrons. The lowest BCUT2D eigenvalue weighted by Gasteiger charge is -1.87. The van der Waals surface area contributed by atoms with Gasteiger partial charge in [0.05, 0.1) is 4.88 Å². The van der Waals surface area contributed by atoms with Gasteiger partial charge in [-0.05, 0) is 36.6 Å². The fraction of sp³-hybridized carbons (Fsp3) is 0.100. The highest BCUT2D eigenvalue weighted by molar-refractivity contribution is 7.20. The molecule has 1 nitrogen and oxygen atoms in total. The summed E-state index contributed by atoms with van der Waals surface area (Å²) in [6.07, 6.45) is 0. The number of halogens is 1. The summed E-state index contributed by atoms with van der Waals surface area (Å²) in [5.74, 6) is 0.109. The van der Waals surface area contributed by atoms with Crippen molar-refractivity contribution in [2.24, 2.45) is 0 Å². The summed E-state index contributed by atoms with van der Waals surface area (Å²) in [6.45, 7) is 1.58. The average molecular weight is 211 g/mol. The summed E-state index contributed by atoms with van der Waals surface area (Å²) in [6, 6.07) is 7.53. The van der Waals surface area contributed by atoms with Crippen LogP contribution >= 0.6 is 22.9 Å². The summed E-state index contributed by atoms with van der Waals surface area (Å²) in [7, 11) is 0. The summed E-state index contributed by atoms with van der Waals surface area (Å²) >= 11 is 7.33. The zero-order valence-corrected chi connectivity index (χ0v) is 8.58. The maximum Gasteiger partial charge on any atom is 0.169 e. The van der Waals surface area contributed by atoms with Crippen molar-refractivity contribution in [2.75, 3.05) is 0 Å². The van der Waals surface area contributed by atoms with E-state index in [1.807, 2.05) is 24.3 Å². The predicted molar refractivity (Wildman–Crippen MR) is 56.8 cm³/mol. The predicted octanol–water partition coefficient (Wildman–Crippen LogP) is 3.76. The van der Waals surface area contributed by atoms with Gasteiger partial charge in [-0.3, -0.25) is 4.79 Å². The third-order valence-corrected chi connectivity index (χ3v) is 3.28. The van der Waals surface area contributed by atoms with Crippen LogP contribution in [-0.2, 0) is 0 Å². The van der Waals surface area contributed by atoms with E-state index in [1.54, 1.807) is 6.92 Å². The largest absolute Gasteiger partial charge is 0.294 e. The van der Waals surface area contributed by atoms with Crippen molar-refractivity contribution >= 4 is 38.8 Å². The molecular formula is C10H7ClOS. The van der Waals surface area contributed by atoms with Crippen molar-refractivity contribution < 1.29 is 4.79 Å². The van der Waals surface area contributed by atoms with Crippen LogP contribution in [0.25, 0.3) is 10.1 Å². The minimum absolute atomic E-state index is 0.109. The number of rotatable bonds is 1. The number of carbonyl (C=O) groups excluding carboxylic acids is 1. The molecule has 0 atom stereocenters. The molecule has 0 saturated carbocycles. The van der Waals surface area contributed by atoms with Crippen LogP contribution in [0.2, 0.25) is 5.02 Å². The lowest BCUT2D eigenvalue weighted by Crippen LogP contribution is -1.83. The SMILES string of the molecule is CC(=O)c1cc2cc(Cl)ccc2s1. The zero-order valence-electron chi connectivity index (χ0n) is 7.00. The summed E-state index contributed by atoms with van der Waals surface area (Å²) in [5.41, 5.74) is 0. The van der Waals surface area contributed by atoms with Gasteiger partial charge in [-0.15, -0.1) is 11.3 Å². The van der Waals surface area contributed by atoms with E-state index in [1.165, 1.54) is 11.3 Å². The van der Waals surface area contributed by atoms with E-state index in [0.29, 0.717) is 5.02 Å². The van der Waals surface area contributed by atoms with Gasteiger partial charge in [0.2, 0.25) is 0 Å². The molecule has 0 bridgehead atoms. The number of Topliss-reactive ketones (excluding diaryl/α,β-unsaturated/α-hetero) is 1. The Morgan fingerprint density at radius 1 is 1.38 bits per heavy atom. The molecule has 66 valence electrons. The minimum atomic E-state index is 0.109. The third-order valence-electron chi connectivity index (χ3n) is 1.83. The normalized spacial score (nSPS) is 10.6. The maximum absolute atomic E-state index is 11.1. The number of hydrogen-bond acceptors (Lipinski definition) is 2. The molecule has 1 heterocycles. The molecule has 0 amide bonds. The Balaban J connectivity index is 2.68. The van der Waals surface area contributed by atoms with Crippen LogP contribution in [-0.4, -0.2) is 5.78 Å². The Hall–Kier alpha value is -0.860. The molecular weight excluding hydrogens is 204 g/mol. The molecule has 2 rings (SSSR count). The van der Waals surface area contributed by atoms with Gasteiger partial charge in [0.1, 0.15) is 0 Å². The van der Waals surface area contributed by atoms with Crippen LogP contribution in [0.4, 0.5) is 0 Å². The quantitative estimate of drug-likeness (QED) is 0.655. The number of benzene rings is 1. The van der Waals surface area contributed by atoms with Crippen molar-refractivity contribution in [3.05, 3.63) is 34.2 Å². The molecule has 2 aromatic rings. The third kappa shape index (κ3) is 1.60. The fourth-order valence-corrected chi connectivity index (χ4v) is 2.31. The number of ketones is 1. The molecule has 1 aromatic carbocycles. The van der Waals surface area contributed by atoms with Gasteiger partial charge in [-0.25, -0.2) is 0 Å². The van der Waals surface area contributed by atoms with E-state index >= 15 is 0 Å². The van der Waals surface area contributed by atoms with Crippen molar-refractivity contribution in [3.63, 3.8) is 0 Å². The van der Waals surface area contributed by atoms with Crippen LogP contribution in [0.1, 0.15) is 16.6 Å². The van der Waals surface area contributed by atoms with E-state index < -0.39 is 0 Å². The molecule has 13 heavy (non-hydrogen) atoms. The fourth-order valence-electron chi connectivity index (χ4n) is 1.19. The Kier molecular flexibility index (Phi) is 2.10. The summed E-state index contributed by atoms with van der Waals surface area (Å²) < 4.78 is 1.11. The lowest BCUT2D eigenvalue weighted by molar-refractivity contribution is 0.102. The van der Waals surface area contributed by atoms with E-state index in [9.17, 15) is 4.79 Å². The van der Waals surface area contributed by atoms with Crippen LogP contribution < -0.4 is 0 Å². The molecule has 0 aliphatic carbocycles. The molecule has 1 aromatic heterocycles. The van der Waals surface area contributed by atoms with Crippen molar-refractivity contribution in [2.45, 2.75) is 6.92 Å². The highest BCUT2D eigenvalue weighted by Gasteiger charge is 2.05. The van der Waals surface area contributed by atoms with E-state index in [0.717, 1.165) is 15.0 Å². The second-order valence-corrected chi connectivity index (χ2v) is 4.37. The van der Waals surface area contributed by atoms with Crippen molar-refractivity contribution in [1.29, 1.82) is 0 Å². The summed E-state index contributed by atoms with van der Waals surface area (Å²) in [4.78, 5) is 11.9. The smallest absolute Gasteiger partial charge is 0.169 e. The topological polar surface area (TPSA) is 17.1 Å². The van der Waals surface area contributed by atoms with Crippen LogP contribution in [0.15, 0.2) is 24.3 Å². The first-order chi connectivity index (χ1) is 6.16. The van der Waals surface area contributed by atoms with Crippen molar-refractivity contribution in [3.8, 4) is 0 Å². The first-order valence-electron chi connectivity index (χ1n) is 3.87. The first-order valence-corrected chi connectivity index (χ1v) is 5.06. The molecule has 0 N–H and O–H groups in total. The molecule has 0 aliphatic rings. The van der Waals surface area contributed by atoms with Gasteiger partial charge < -0.3 is 0 Å². The molecule has 0 saturated heterocycles. The number of thiophene rings is 1. The number of hydrogen-bond donors (Lipinski definition) is 0. The van der Waals surface area contributed by atoms with Crippen molar-refractivity contribution in [1.82, 2.24) is 0 Å². The second kappa shape index (κ2) is 3.13. The number of carbonyl (C=O) groups is 1. The molecule has 0 unspecified atom stereocenters. The van der Waals surface area contributed by atoms with Crippen LogP contribution in [0.5, 0.6) is 0 Å². The van der Waals surface area contributed by atoms with Gasteiger partial charge >= 0.3 is 0 Å². The van der Waals surface area contributed by atoms with Gasteiger partial charge in [0, 0.05) is 9.72 Å². The average Bonchev–Trinajstić information content (AvgIpc) is 2.46. The van der Waals surface area contributed by atoms with Gasteiger partial charge in [0.15, 0.2) is 5.78 Å². The van der Waals surface area contributed by atoms with Gasteiger partial charge in [0.25, 0.3) is 0 Å². The Morgan fingerprint density at radius 3 is 2.85 bits per heavy atom. The molecule has 0 fully saturated rings. The highest BCUT2D eigenvalue weighted by atomic mass is 35.5. The minimum Gasteiger partial charge on any atom is -0.294 e. The Labute approximate surface area is 84.9 Å². The van der Waals surface area contributed by atoms with E-state index in [2.05, 4.69) is 0 Å². The van der Waals surface area contributed by atoms with Gasteiger partial charge in [-0.2, -0.15) is 0 Å². The van der Waals surface area contributed by atoms with Crippen LogP contribution in [0.3, 0.4) is 0 Å². The molecule has 0 aliphatic heterocycles. The first kappa shape index (κ1) is 8.73. The highest BCUT2D eigenvalue weighted by Crippen LogP contribution is 2.28. The monoisotopic (exact) mass is 210 g/mol. The second-order valence-electron chi connectivity index (χ2n) is 2.85. The Morgan fingerprint density at radius 2 is 2.15 bits per heavy atom. The number of fused-ring (bicyclic) bond motifs is 1. The van der Waals surface area contributed by atoms with E-state index in [-0.39, 0.29) is 5.78 Å².